The molecule has 0 heterocycles. The zero-order valence-electron chi connectivity index (χ0n) is 11.8. The number of methoxy groups -OCH3 is 1. The summed E-state index contributed by atoms with van der Waals surface area (Å²) in [5, 5.41) is 14.1. The van der Waals surface area contributed by atoms with Gasteiger partial charge in [0.1, 0.15) is 6.04 Å². The van der Waals surface area contributed by atoms with Crippen molar-refractivity contribution in [3.05, 3.63) is 29.8 Å². The summed E-state index contributed by atoms with van der Waals surface area (Å²) in [4.78, 5) is 22.8. The third-order valence-electron chi connectivity index (χ3n) is 2.72. The van der Waals surface area contributed by atoms with Crippen molar-refractivity contribution in [1.82, 2.24) is 5.32 Å². The number of ether oxygens (including phenoxy) is 1. The average molecular weight is 280 g/mol. The molecule has 0 fully saturated rings. The van der Waals surface area contributed by atoms with Crippen LogP contribution in [0.25, 0.3) is 0 Å². The van der Waals surface area contributed by atoms with Gasteiger partial charge in [-0.25, -0.2) is 9.59 Å². The molecule has 0 aliphatic carbocycles. The Hall–Kier alpha value is -2.08. The van der Waals surface area contributed by atoms with Gasteiger partial charge in [0.05, 0.1) is 6.61 Å². The van der Waals surface area contributed by atoms with Gasteiger partial charge in [-0.05, 0) is 23.6 Å². The van der Waals surface area contributed by atoms with Gasteiger partial charge in [-0.2, -0.15) is 0 Å². The van der Waals surface area contributed by atoms with Crippen LogP contribution in [-0.2, 0) is 16.1 Å². The number of carboxylic acids is 1. The molecule has 0 unspecified atom stereocenters. The number of hydrogen-bond acceptors (Lipinski definition) is 3. The normalized spacial score (nSPS) is 12.0. The molecule has 1 rings (SSSR count). The number of rotatable bonds is 6. The molecule has 1 aromatic carbocycles. The van der Waals surface area contributed by atoms with Crippen LogP contribution in [-0.4, -0.2) is 30.3 Å². The van der Waals surface area contributed by atoms with E-state index in [1.165, 1.54) is 0 Å². The largest absolute Gasteiger partial charge is 0.480 e. The Bertz CT molecular complexity index is 474. The first-order chi connectivity index (χ1) is 9.43. The van der Waals surface area contributed by atoms with Gasteiger partial charge in [0.2, 0.25) is 0 Å². The Morgan fingerprint density at radius 2 is 2.05 bits per heavy atom. The highest BCUT2D eigenvalue weighted by atomic mass is 16.5. The zero-order chi connectivity index (χ0) is 15.1. The van der Waals surface area contributed by atoms with Crippen LogP contribution >= 0.6 is 0 Å². The van der Waals surface area contributed by atoms with E-state index in [2.05, 4.69) is 10.6 Å². The van der Waals surface area contributed by atoms with Crippen LogP contribution in [0.2, 0.25) is 0 Å². The fraction of sp³-hybridized carbons (Fsp3) is 0.429. The molecule has 110 valence electrons. The first-order valence-electron chi connectivity index (χ1n) is 6.32. The molecule has 0 aliphatic rings. The van der Waals surface area contributed by atoms with Gasteiger partial charge in [-0.3, -0.25) is 0 Å². The van der Waals surface area contributed by atoms with Gasteiger partial charge in [0.15, 0.2) is 0 Å². The number of anilines is 1. The SMILES string of the molecule is COCc1cccc(NC(=O)N[C@H](C(=O)O)C(C)C)c1. The molecule has 0 saturated heterocycles. The van der Waals surface area contributed by atoms with Gasteiger partial charge in [0.25, 0.3) is 0 Å². The number of carbonyl (C=O) groups excluding carboxylic acids is 1. The lowest BCUT2D eigenvalue weighted by atomic mass is 10.1. The Labute approximate surface area is 118 Å². The first kappa shape index (κ1) is 16.0. The molecule has 0 aromatic heterocycles. The quantitative estimate of drug-likeness (QED) is 0.744. The smallest absolute Gasteiger partial charge is 0.326 e. The maximum absolute atomic E-state index is 11.8. The van der Waals surface area contributed by atoms with Gasteiger partial charge in [-0.1, -0.05) is 26.0 Å². The summed E-state index contributed by atoms with van der Waals surface area (Å²) in [7, 11) is 1.59. The molecule has 0 spiro atoms. The summed E-state index contributed by atoms with van der Waals surface area (Å²) in [6.07, 6.45) is 0. The Morgan fingerprint density at radius 3 is 2.60 bits per heavy atom. The highest BCUT2D eigenvalue weighted by Gasteiger charge is 2.23. The number of hydrogen-bond donors (Lipinski definition) is 3. The molecular weight excluding hydrogens is 260 g/mol. The predicted octanol–water partition coefficient (Wildman–Crippen LogP) is 2.06. The van der Waals surface area contributed by atoms with Crippen LogP contribution in [0.15, 0.2) is 24.3 Å². The van der Waals surface area contributed by atoms with E-state index < -0.39 is 18.0 Å². The summed E-state index contributed by atoms with van der Waals surface area (Å²) in [5.41, 5.74) is 1.51. The Morgan fingerprint density at radius 1 is 1.35 bits per heavy atom. The van der Waals surface area contributed by atoms with E-state index in [9.17, 15) is 9.59 Å². The summed E-state index contributed by atoms with van der Waals surface area (Å²) in [6, 6.07) is 5.71. The average Bonchev–Trinajstić information content (AvgIpc) is 2.36. The third-order valence-corrected chi connectivity index (χ3v) is 2.72. The van der Waals surface area contributed by atoms with Crippen molar-refractivity contribution in [3.8, 4) is 0 Å². The molecule has 0 aliphatic heterocycles. The van der Waals surface area contributed by atoms with Crippen LogP contribution in [0.5, 0.6) is 0 Å². The number of nitrogens with one attached hydrogen (secondary N) is 2. The van der Waals surface area contributed by atoms with Crippen LogP contribution < -0.4 is 10.6 Å². The molecule has 0 bridgehead atoms. The van der Waals surface area contributed by atoms with E-state index in [1.807, 2.05) is 6.07 Å². The van der Waals surface area contributed by atoms with Crippen molar-refractivity contribution in [3.63, 3.8) is 0 Å². The molecule has 3 N–H and O–H groups in total. The first-order valence-corrected chi connectivity index (χ1v) is 6.32. The lowest BCUT2D eigenvalue weighted by molar-refractivity contribution is -0.140. The molecule has 1 aromatic rings. The molecular formula is C14H20N2O4. The number of carbonyl (C=O) groups is 2. The molecule has 1 atom stereocenters. The Kier molecular flexibility index (Phi) is 5.99. The minimum atomic E-state index is -1.05. The fourth-order valence-corrected chi connectivity index (χ4v) is 1.73. The highest BCUT2D eigenvalue weighted by molar-refractivity contribution is 5.92. The molecule has 0 radical (unpaired) electrons. The monoisotopic (exact) mass is 280 g/mol. The summed E-state index contributed by atoms with van der Waals surface area (Å²) < 4.78 is 5.01. The van der Waals surface area contributed by atoms with Crippen LogP contribution in [0.4, 0.5) is 10.5 Å². The predicted molar refractivity (Wildman–Crippen MR) is 75.6 cm³/mol. The van der Waals surface area contributed by atoms with E-state index in [1.54, 1.807) is 39.2 Å². The summed E-state index contributed by atoms with van der Waals surface area (Å²) >= 11 is 0. The molecule has 20 heavy (non-hydrogen) atoms. The topological polar surface area (TPSA) is 87.7 Å². The second kappa shape index (κ2) is 7.49. The fourth-order valence-electron chi connectivity index (χ4n) is 1.73. The van der Waals surface area contributed by atoms with Crippen molar-refractivity contribution in [2.24, 2.45) is 5.92 Å². The minimum absolute atomic E-state index is 0.196. The number of urea groups is 1. The van der Waals surface area contributed by atoms with Crippen molar-refractivity contribution in [1.29, 1.82) is 0 Å². The maximum atomic E-state index is 11.8. The zero-order valence-corrected chi connectivity index (χ0v) is 11.8. The summed E-state index contributed by atoms with van der Waals surface area (Å²) in [6.45, 7) is 3.91. The van der Waals surface area contributed by atoms with Crippen LogP contribution in [0.3, 0.4) is 0 Å². The number of amides is 2. The van der Waals surface area contributed by atoms with Gasteiger partial charge in [-0.15, -0.1) is 0 Å². The van der Waals surface area contributed by atoms with Gasteiger partial charge in [0, 0.05) is 12.8 Å². The third kappa shape index (κ3) is 4.89. The van der Waals surface area contributed by atoms with E-state index in [4.69, 9.17) is 9.84 Å². The van der Waals surface area contributed by atoms with E-state index in [-0.39, 0.29) is 5.92 Å². The van der Waals surface area contributed by atoms with Crippen LogP contribution in [0, 0.1) is 5.92 Å². The van der Waals surface area contributed by atoms with Crippen molar-refractivity contribution in [2.75, 3.05) is 12.4 Å². The minimum Gasteiger partial charge on any atom is -0.480 e. The van der Waals surface area contributed by atoms with E-state index in [0.29, 0.717) is 12.3 Å². The lowest BCUT2D eigenvalue weighted by Gasteiger charge is -2.18. The Balaban J connectivity index is 2.66. The van der Waals surface area contributed by atoms with E-state index >= 15 is 0 Å². The lowest BCUT2D eigenvalue weighted by Crippen LogP contribution is -2.46. The molecule has 0 saturated carbocycles. The number of carboxylic acid groups (broad SMARTS) is 1. The van der Waals surface area contributed by atoms with Crippen molar-refractivity contribution < 1.29 is 19.4 Å². The van der Waals surface area contributed by atoms with Gasteiger partial charge < -0.3 is 20.5 Å². The molecule has 6 heteroatoms. The molecule has 2 amide bonds. The second-order valence-electron chi connectivity index (χ2n) is 4.79. The standard InChI is InChI=1S/C14H20N2O4/c1-9(2)12(13(17)18)16-14(19)15-11-6-4-5-10(7-11)8-20-3/h4-7,9,12H,8H2,1-3H3,(H,17,18)(H2,15,16,19)/t12-/m0/s1. The van der Waals surface area contributed by atoms with E-state index in [0.717, 1.165) is 5.56 Å². The highest BCUT2D eigenvalue weighted by Crippen LogP contribution is 2.11. The number of benzene rings is 1. The molecule has 6 nitrogen and oxygen atoms in total. The second-order valence-corrected chi connectivity index (χ2v) is 4.79. The number of aliphatic carboxylic acids is 1. The van der Waals surface area contributed by atoms with Crippen LogP contribution in [0.1, 0.15) is 19.4 Å². The summed E-state index contributed by atoms with van der Waals surface area (Å²) in [5.74, 6) is -1.25. The van der Waals surface area contributed by atoms with Crippen molar-refractivity contribution >= 4 is 17.7 Å². The van der Waals surface area contributed by atoms with Crippen molar-refractivity contribution in [2.45, 2.75) is 26.5 Å². The van der Waals surface area contributed by atoms with Gasteiger partial charge >= 0.3 is 12.0 Å². The maximum Gasteiger partial charge on any atom is 0.326 e.